The van der Waals surface area contributed by atoms with Crippen LogP contribution in [0.15, 0.2) is 30.5 Å². The highest BCUT2D eigenvalue weighted by Crippen LogP contribution is 2.34. The van der Waals surface area contributed by atoms with Crippen LogP contribution in [0.25, 0.3) is 10.9 Å². The normalized spacial score (nSPS) is 12.7. The Hall–Kier alpha value is -1.88. The number of rotatable bonds is 0. The van der Waals surface area contributed by atoms with Gasteiger partial charge in [0.2, 0.25) is 5.52 Å². The molecule has 0 fully saturated rings. The molecule has 0 N–H and O–H groups in total. The molecule has 2 rings (SSSR count). The van der Waals surface area contributed by atoms with Crippen molar-refractivity contribution < 1.29 is 43.9 Å². The maximum atomic E-state index is 12.8. The summed E-state index contributed by atoms with van der Waals surface area (Å²) < 4.78 is 98.9. The van der Waals surface area contributed by atoms with E-state index in [0.717, 1.165) is 11.6 Å². The zero-order valence-electron chi connectivity index (χ0n) is 12.2. The molecule has 0 atom stereocenters. The van der Waals surface area contributed by atoms with Gasteiger partial charge in [-0.15, -0.1) is 0 Å². The lowest BCUT2D eigenvalue weighted by atomic mass is 10.0. The number of nitrogens with zero attached hydrogens (tertiary/aromatic N) is 1. The number of benzene rings is 1. The van der Waals surface area contributed by atoms with Crippen LogP contribution in [0, 0.1) is 6.92 Å². The Labute approximate surface area is 133 Å². The van der Waals surface area contributed by atoms with Gasteiger partial charge in [-0.05, 0) is 19.1 Å². The minimum Gasteiger partial charge on any atom is -0.741 e. The first-order valence-electron chi connectivity index (χ1n) is 6.13. The highest BCUT2D eigenvalue weighted by atomic mass is 32.2. The van der Waals surface area contributed by atoms with E-state index >= 15 is 0 Å². The van der Waals surface area contributed by atoms with Gasteiger partial charge in [-0.2, -0.15) is 26.3 Å². The van der Waals surface area contributed by atoms with Crippen molar-refractivity contribution in [2.24, 2.45) is 7.05 Å². The van der Waals surface area contributed by atoms with Crippen molar-refractivity contribution in [2.75, 3.05) is 0 Å². The lowest BCUT2D eigenvalue weighted by molar-refractivity contribution is -0.645. The van der Waals surface area contributed by atoms with Crippen LogP contribution in [0.1, 0.15) is 11.1 Å². The van der Waals surface area contributed by atoms with Crippen molar-refractivity contribution in [3.05, 3.63) is 41.6 Å². The van der Waals surface area contributed by atoms with Crippen molar-refractivity contribution in [1.82, 2.24) is 0 Å². The summed E-state index contributed by atoms with van der Waals surface area (Å²) in [5.74, 6) is 0. The maximum Gasteiger partial charge on any atom is 0.485 e. The number of fused-ring (bicyclic) bond motifs is 1. The summed E-state index contributed by atoms with van der Waals surface area (Å²) in [5, 5.41) is 0.248. The average molecular weight is 375 g/mol. The number of alkyl halides is 6. The molecule has 24 heavy (non-hydrogen) atoms. The fourth-order valence-electron chi connectivity index (χ4n) is 1.94. The summed E-state index contributed by atoms with van der Waals surface area (Å²) in [5.41, 5.74) is -4.76. The third kappa shape index (κ3) is 4.57. The maximum absolute atomic E-state index is 12.8. The molecule has 0 aliphatic carbocycles. The Kier molecular flexibility index (Phi) is 5.51. The quantitative estimate of drug-likeness (QED) is 0.308. The molecule has 0 saturated heterocycles. The van der Waals surface area contributed by atoms with Gasteiger partial charge in [0, 0.05) is 11.6 Å². The summed E-state index contributed by atoms with van der Waals surface area (Å²) in [7, 11) is -4.34. The van der Waals surface area contributed by atoms with Gasteiger partial charge in [-0.25, -0.2) is 13.0 Å². The molecule has 0 saturated carbocycles. The zero-order valence-corrected chi connectivity index (χ0v) is 13.1. The molecular weight excluding hydrogens is 364 g/mol. The first-order valence-corrected chi connectivity index (χ1v) is 7.54. The van der Waals surface area contributed by atoms with Gasteiger partial charge in [0.15, 0.2) is 16.3 Å². The fourth-order valence-corrected chi connectivity index (χ4v) is 1.94. The molecule has 1 aromatic carbocycles. The van der Waals surface area contributed by atoms with E-state index in [9.17, 15) is 26.3 Å². The van der Waals surface area contributed by atoms with Gasteiger partial charge in [0.25, 0.3) is 0 Å². The lowest BCUT2D eigenvalue weighted by Gasteiger charge is -2.10. The Morgan fingerprint density at radius 3 is 1.96 bits per heavy atom. The van der Waals surface area contributed by atoms with Gasteiger partial charge in [-0.3, -0.25) is 0 Å². The van der Waals surface area contributed by atoms with Gasteiger partial charge < -0.3 is 4.55 Å². The molecule has 0 bridgehead atoms. The van der Waals surface area contributed by atoms with Crippen LogP contribution >= 0.6 is 0 Å². The second-order valence-electron chi connectivity index (χ2n) is 4.71. The Bertz CT molecular complexity index is 835. The van der Waals surface area contributed by atoms with Gasteiger partial charge >= 0.3 is 11.7 Å². The summed E-state index contributed by atoms with van der Waals surface area (Å²) in [4.78, 5) is 0. The molecular formula is C13H11F6NO3S. The van der Waals surface area contributed by atoms with Crippen LogP contribution in [0.4, 0.5) is 26.3 Å². The number of hydrogen-bond donors (Lipinski definition) is 0. The van der Waals surface area contributed by atoms with Crippen molar-refractivity contribution in [3.63, 3.8) is 0 Å². The number of aromatic nitrogens is 1. The van der Waals surface area contributed by atoms with E-state index in [0.29, 0.717) is 5.52 Å². The standard InChI is InChI=1S/C12H11F3N.CHF3O3S/c1-8-5-6-10(12(13,14)15)9-4-3-7-16(2)11(8)9;2-1(3,4)8(5,6)7/h3-7H,1-2H3;(H,5,6,7)/q+1;/p-1. The van der Waals surface area contributed by atoms with Crippen LogP contribution in [0.2, 0.25) is 0 Å². The SMILES string of the molecule is Cc1ccc(C(F)(F)F)c2ccc[n+](C)c12.O=S(=O)([O-])C(F)(F)F. The van der Waals surface area contributed by atoms with Crippen molar-refractivity contribution in [2.45, 2.75) is 18.6 Å². The molecule has 1 aromatic heterocycles. The van der Waals surface area contributed by atoms with E-state index in [1.54, 1.807) is 23.9 Å². The van der Waals surface area contributed by atoms with Crippen LogP contribution in [0.3, 0.4) is 0 Å². The summed E-state index contributed by atoms with van der Waals surface area (Å²) >= 11 is 0. The molecule has 4 nitrogen and oxygen atoms in total. The van der Waals surface area contributed by atoms with E-state index in [-0.39, 0.29) is 5.39 Å². The van der Waals surface area contributed by atoms with Gasteiger partial charge in [-0.1, -0.05) is 6.07 Å². The Morgan fingerprint density at radius 2 is 1.54 bits per heavy atom. The van der Waals surface area contributed by atoms with E-state index in [1.807, 2.05) is 6.92 Å². The molecule has 2 aromatic rings. The largest absolute Gasteiger partial charge is 0.741 e. The topological polar surface area (TPSA) is 61.1 Å². The molecule has 134 valence electrons. The molecule has 0 spiro atoms. The fraction of sp³-hybridized carbons (Fsp3) is 0.308. The van der Waals surface area contributed by atoms with Crippen molar-refractivity contribution in [3.8, 4) is 0 Å². The number of hydrogen-bond acceptors (Lipinski definition) is 3. The average Bonchev–Trinajstić information content (AvgIpc) is 2.35. The zero-order chi connectivity index (χ0) is 18.9. The highest BCUT2D eigenvalue weighted by Gasteiger charge is 2.37. The first kappa shape index (κ1) is 20.2. The van der Waals surface area contributed by atoms with E-state index in [4.69, 9.17) is 13.0 Å². The second kappa shape index (κ2) is 6.55. The smallest absolute Gasteiger partial charge is 0.485 e. The third-order valence-electron chi connectivity index (χ3n) is 2.93. The van der Waals surface area contributed by atoms with Crippen LogP contribution < -0.4 is 4.57 Å². The summed E-state index contributed by atoms with van der Waals surface area (Å²) in [6, 6.07) is 5.77. The molecule has 11 heteroatoms. The molecule has 1 heterocycles. The second-order valence-corrected chi connectivity index (χ2v) is 6.08. The van der Waals surface area contributed by atoms with Crippen molar-refractivity contribution >= 4 is 21.0 Å². The Balaban J connectivity index is 0.000000307. The molecule has 0 unspecified atom stereocenters. The lowest BCUT2D eigenvalue weighted by Crippen LogP contribution is -2.29. The molecule has 0 amide bonds. The predicted molar refractivity (Wildman–Crippen MR) is 70.6 cm³/mol. The minimum atomic E-state index is -6.09. The predicted octanol–water partition coefficient (Wildman–Crippen LogP) is 3.04. The number of halogens is 6. The van der Waals surface area contributed by atoms with Gasteiger partial charge in [0.1, 0.15) is 7.05 Å². The highest BCUT2D eigenvalue weighted by molar-refractivity contribution is 7.86. The summed E-state index contributed by atoms with van der Waals surface area (Å²) in [6.07, 6.45) is -2.56. The minimum absolute atomic E-state index is 0.248. The van der Waals surface area contributed by atoms with Crippen LogP contribution in [0.5, 0.6) is 0 Å². The van der Waals surface area contributed by atoms with Crippen LogP contribution in [-0.2, 0) is 23.3 Å². The summed E-state index contributed by atoms with van der Waals surface area (Å²) in [6.45, 7) is 1.81. The van der Waals surface area contributed by atoms with Gasteiger partial charge in [0.05, 0.1) is 10.9 Å². The molecule has 0 aliphatic rings. The first-order chi connectivity index (χ1) is 10.7. The Morgan fingerprint density at radius 1 is 1.04 bits per heavy atom. The number of aryl methyl sites for hydroxylation is 2. The van der Waals surface area contributed by atoms with E-state index in [1.165, 1.54) is 12.1 Å². The third-order valence-corrected chi connectivity index (χ3v) is 3.50. The number of pyridine rings is 1. The molecule has 0 aliphatic heterocycles. The monoisotopic (exact) mass is 375 g/mol. The van der Waals surface area contributed by atoms with Crippen LogP contribution in [-0.4, -0.2) is 18.5 Å². The molecule has 0 radical (unpaired) electrons. The van der Waals surface area contributed by atoms with E-state index < -0.39 is 27.4 Å². The van der Waals surface area contributed by atoms with Crippen molar-refractivity contribution in [1.29, 1.82) is 0 Å². The van der Waals surface area contributed by atoms with E-state index in [2.05, 4.69) is 0 Å².